The van der Waals surface area contributed by atoms with Crippen LogP contribution in [0.5, 0.6) is 0 Å². The molecule has 0 saturated carbocycles. The summed E-state index contributed by atoms with van der Waals surface area (Å²) < 4.78 is 2.86. The van der Waals surface area contributed by atoms with Crippen molar-refractivity contribution in [3.8, 4) is 0 Å². The highest BCUT2D eigenvalue weighted by Gasteiger charge is 2.22. The normalized spacial score (nSPS) is 12.4. The van der Waals surface area contributed by atoms with Gasteiger partial charge in [-0.25, -0.2) is 4.98 Å². The maximum atomic E-state index is 11.8. The average Bonchev–Trinajstić information content (AvgIpc) is 2.84. The topological polar surface area (TPSA) is 72.9 Å². The van der Waals surface area contributed by atoms with Crippen LogP contribution in [-0.2, 0) is 4.79 Å². The lowest BCUT2D eigenvalue weighted by Crippen LogP contribution is -2.30. The molecule has 5 nitrogen and oxygen atoms in total. The summed E-state index contributed by atoms with van der Waals surface area (Å²) in [4.78, 5) is 15.9. The van der Waals surface area contributed by atoms with Crippen molar-refractivity contribution in [3.05, 3.63) is 47.0 Å². The van der Waals surface area contributed by atoms with E-state index in [1.807, 2.05) is 42.7 Å². The standard InChI is InChI=1S/C14H17BrN4O/c1-9(2)19-8-17-7-12(19)13(14(16)20)18-11-5-3-4-10(15)6-11/h3-9,13,18H,1-2H3,(H2,16,20). The second kappa shape index (κ2) is 6.09. The molecule has 1 aromatic carbocycles. The first-order chi connectivity index (χ1) is 9.49. The Bertz CT molecular complexity index is 609. The minimum Gasteiger partial charge on any atom is -0.369 e. The molecule has 0 aliphatic heterocycles. The van der Waals surface area contributed by atoms with Crippen molar-refractivity contribution >= 4 is 27.5 Å². The number of hydrogen-bond acceptors (Lipinski definition) is 3. The number of benzene rings is 1. The molecule has 0 spiro atoms. The molecular formula is C14H17BrN4O. The molecule has 0 radical (unpaired) electrons. The highest BCUT2D eigenvalue weighted by molar-refractivity contribution is 9.10. The fourth-order valence-corrected chi connectivity index (χ4v) is 2.40. The molecule has 20 heavy (non-hydrogen) atoms. The van der Waals surface area contributed by atoms with Crippen molar-refractivity contribution in [1.82, 2.24) is 9.55 Å². The molecule has 0 saturated heterocycles. The van der Waals surface area contributed by atoms with Gasteiger partial charge in [-0.05, 0) is 32.0 Å². The summed E-state index contributed by atoms with van der Waals surface area (Å²) in [6, 6.07) is 7.18. The van der Waals surface area contributed by atoms with Gasteiger partial charge in [0.15, 0.2) is 0 Å². The summed E-state index contributed by atoms with van der Waals surface area (Å²) in [7, 11) is 0. The van der Waals surface area contributed by atoms with Crippen LogP contribution < -0.4 is 11.1 Å². The number of primary amides is 1. The number of amides is 1. The number of hydrogen-bond donors (Lipinski definition) is 2. The summed E-state index contributed by atoms with van der Waals surface area (Å²) >= 11 is 3.40. The number of nitrogens with one attached hydrogen (secondary N) is 1. The summed E-state index contributed by atoms with van der Waals surface area (Å²) in [5.74, 6) is -0.438. The SMILES string of the molecule is CC(C)n1cncc1C(Nc1cccc(Br)c1)C(N)=O. The Kier molecular flexibility index (Phi) is 4.44. The van der Waals surface area contributed by atoms with Gasteiger partial charge in [0.1, 0.15) is 6.04 Å². The lowest BCUT2D eigenvalue weighted by molar-refractivity contribution is -0.119. The van der Waals surface area contributed by atoms with Gasteiger partial charge in [-0.1, -0.05) is 22.0 Å². The molecule has 3 N–H and O–H groups in total. The first kappa shape index (κ1) is 14.6. The number of nitrogens with zero attached hydrogens (tertiary/aromatic N) is 2. The van der Waals surface area contributed by atoms with Crippen LogP contribution in [0, 0.1) is 0 Å². The van der Waals surface area contributed by atoms with E-state index in [1.165, 1.54) is 0 Å². The predicted octanol–water partition coefficient (Wildman–Crippen LogP) is 2.87. The van der Waals surface area contributed by atoms with Gasteiger partial charge in [-0.15, -0.1) is 0 Å². The van der Waals surface area contributed by atoms with Crippen LogP contribution >= 0.6 is 15.9 Å². The van der Waals surface area contributed by atoms with E-state index in [9.17, 15) is 4.79 Å². The van der Waals surface area contributed by atoms with Gasteiger partial charge in [-0.3, -0.25) is 4.79 Å². The number of anilines is 1. The van der Waals surface area contributed by atoms with Gasteiger partial charge in [-0.2, -0.15) is 0 Å². The van der Waals surface area contributed by atoms with Gasteiger partial charge in [0, 0.05) is 16.2 Å². The number of nitrogens with two attached hydrogens (primary N) is 1. The Labute approximate surface area is 126 Å². The third-order valence-corrected chi connectivity index (χ3v) is 3.46. The van der Waals surface area contributed by atoms with E-state index in [0.29, 0.717) is 0 Å². The maximum absolute atomic E-state index is 11.8. The van der Waals surface area contributed by atoms with E-state index in [0.717, 1.165) is 15.9 Å². The molecule has 0 aliphatic rings. The lowest BCUT2D eigenvalue weighted by atomic mass is 10.1. The number of rotatable bonds is 5. The largest absolute Gasteiger partial charge is 0.369 e. The minimum absolute atomic E-state index is 0.207. The van der Waals surface area contributed by atoms with E-state index in [4.69, 9.17) is 5.73 Å². The van der Waals surface area contributed by atoms with E-state index in [2.05, 4.69) is 26.2 Å². The molecular weight excluding hydrogens is 320 g/mol. The zero-order valence-electron chi connectivity index (χ0n) is 11.4. The van der Waals surface area contributed by atoms with Crippen LogP contribution in [0.1, 0.15) is 31.6 Å². The van der Waals surface area contributed by atoms with Gasteiger partial charge in [0.25, 0.3) is 0 Å². The van der Waals surface area contributed by atoms with Gasteiger partial charge in [0.05, 0.1) is 18.2 Å². The van der Waals surface area contributed by atoms with Crippen LogP contribution in [0.4, 0.5) is 5.69 Å². The molecule has 1 aromatic heterocycles. The molecule has 1 atom stereocenters. The Hall–Kier alpha value is -1.82. The summed E-state index contributed by atoms with van der Waals surface area (Å²) in [5, 5.41) is 3.15. The van der Waals surface area contributed by atoms with Crippen molar-refractivity contribution in [1.29, 1.82) is 0 Å². The number of carbonyl (C=O) groups is 1. The Morgan fingerprint density at radius 2 is 2.20 bits per heavy atom. The van der Waals surface area contributed by atoms with E-state index in [-0.39, 0.29) is 6.04 Å². The van der Waals surface area contributed by atoms with Crippen LogP contribution in [-0.4, -0.2) is 15.5 Å². The molecule has 2 aromatic rings. The molecule has 2 rings (SSSR count). The Balaban J connectivity index is 2.32. The van der Waals surface area contributed by atoms with E-state index in [1.54, 1.807) is 12.5 Å². The minimum atomic E-state index is -0.616. The fraction of sp³-hybridized carbons (Fsp3) is 0.286. The molecule has 1 heterocycles. The number of halogens is 1. The quantitative estimate of drug-likeness (QED) is 0.881. The zero-order chi connectivity index (χ0) is 14.7. The van der Waals surface area contributed by atoms with Crippen LogP contribution in [0.2, 0.25) is 0 Å². The Morgan fingerprint density at radius 3 is 2.80 bits per heavy atom. The second-order valence-corrected chi connectivity index (χ2v) is 5.73. The highest BCUT2D eigenvalue weighted by atomic mass is 79.9. The number of aromatic nitrogens is 2. The molecule has 0 fully saturated rings. The van der Waals surface area contributed by atoms with Crippen molar-refractivity contribution in [2.75, 3.05) is 5.32 Å². The van der Waals surface area contributed by atoms with Gasteiger partial charge >= 0.3 is 0 Å². The van der Waals surface area contributed by atoms with Crippen molar-refractivity contribution in [3.63, 3.8) is 0 Å². The number of carbonyl (C=O) groups excluding carboxylic acids is 1. The third-order valence-electron chi connectivity index (χ3n) is 2.97. The van der Waals surface area contributed by atoms with Gasteiger partial charge in [0.2, 0.25) is 5.91 Å². The first-order valence-corrected chi connectivity index (χ1v) is 7.11. The molecule has 0 bridgehead atoms. The van der Waals surface area contributed by atoms with E-state index < -0.39 is 11.9 Å². The Morgan fingerprint density at radius 1 is 1.45 bits per heavy atom. The smallest absolute Gasteiger partial charge is 0.246 e. The van der Waals surface area contributed by atoms with Crippen molar-refractivity contribution < 1.29 is 4.79 Å². The van der Waals surface area contributed by atoms with E-state index >= 15 is 0 Å². The average molecular weight is 337 g/mol. The monoisotopic (exact) mass is 336 g/mol. The molecule has 1 unspecified atom stereocenters. The molecule has 106 valence electrons. The highest BCUT2D eigenvalue weighted by Crippen LogP contribution is 2.23. The fourth-order valence-electron chi connectivity index (χ4n) is 2.01. The first-order valence-electron chi connectivity index (χ1n) is 6.32. The summed E-state index contributed by atoms with van der Waals surface area (Å²) in [6.45, 7) is 4.06. The predicted molar refractivity (Wildman–Crippen MR) is 82.3 cm³/mol. The molecule has 1 amide bonds. The number of imidazole rings is 1. The van der Waals surface area contributed by atoms with Crippen molar-refractivity contribution in [2.24, 2.45) is 5.73 Å². The maximum Gasteiger partial charge on any atom is 0.246 e. The van der Waals surface area contributed by atoms with Crippen LogP contribution in [0.25, 0.3) is 0 Å². The summed E-state index contributed by atoms with van der Waals surface area (Å²) in [5.41, 5.74) is 7.10. The lowest BCUT2D eigenvalue weighted by Gasteiger charge is -2.20. The molecule has 0 aliphatic carbocycles. The van der Waals surface area contributed by atoms with Crippen LogP contribution in [0.15, 0.2) is 41.3 Å². The molecule has 6 heteroatoms. The van der Waals surface area contributed by atoms with Crippen molar-refractivity contribution in [2.45, 2.75) is 25.9 Å². The zero-order valence-corrected chi connectivity index (χ0v) is 13.0. The third kappa shape index (κ3) is 3.19. The summed E-state index contributed by atoms with van der Waals surface area (Å²) in [6.07, 6.45) is 3.37. The second-order valence-electron chi connectivity index (χ2n) is 4.81. The van der Waals surface area contributed by atoms with Crippen LogP contribution in [0.3, 0.4) is 0 Å². The van der Waals surface area contributed by atoms with Gasteiger partial charge < -0.3 is 15.6 Å².